The van der Waals surface area contributed by atoms with E-state index in [-0.39, 0.29) is 0 Å². The van der Waals surface area contributed by atoms with Crippen molar-refractivity contribution < 1.29 is 0 Å². The SMILES string of the molecule is CN=C(NCc1cn2ccsc2n1)NC(C)C(C)C. The molecule has 6 heteroatoms. The Balaban J connectivity index is 1.91. The maximum absolute atomic E-state index is 4.53. The Morgan fingerprint density at radius 2 is 2.26 bits per heavy atom. The third-order valence-electron chi connectivity index (χ3n) is 3.17. The van der Waals surface area contributed by atoms with Crippen LogP contribution in [0.2, 0.25) is 0 Å². The van der Waals surface area contributed by atoms with Gasteiger partial charge in [-0.1, -0.05) is 13.8 Å². The van der Waals surface area contributed by atoms with Crippen LogP contribution in [0.1, 0.15) is 26.5 Å². The molecule has 0 bridgehead atoms. The zero-order chi connectivity index (χ0) is 13.8. The average Bonchev–Trinajstić information content (AvgIpc) is 2.94. The molecule has 104 valence electrons. The van der Waals surface area contributed by atoms with Gasteiger partial charge in [-0.2, -0.15) is 0 Å². The molecule has 2 N–H and O–H groups in total. The van der Waals surface area contributed by atoms with E-state index in [1.165, 1.54) is 0 Å². The van der Waals surface area contributed by atoms with Gasteiger partial charge in [-0.25, -0.2) is 4.98 Å². The molecule has 0 radical (unpaired) electrons. The fourth-order valence-corrected chi connectivity index (χ4v) is 2.33. The first-order chi connectivity index (χ1) is 9.10. The zero-order valence-electron chi connectivity index (χ0n) is 11.8. The van der Waals surface area contributed by atoms with E-state index in [0.717, 1.165) is 16.6 Å². The van der Waals surface area contributed by atoms with Gasteiger partial charge in [0.15, 0.2) is 10.9 Å². The summed E-state index contributed by atoms with van der Waals surface area (Å²) in [6.07, 6.45) is 4.06. The third kappa shape index (κ3) is 3.47. The highest BCUT2D eigenvalue weighted by atomic mass is 32.1. The quantitative estimate of drug-likeness (QED) is 0.666. The minimum Gasteiger partial charge on any atom is -0.354 e. The topological polar surface area (TPSA) is 53.7 Å². The molecule has 0 saturated carbocycles. The largest absolute Gasteiger partial charge is 0.354 e. The first-order valence-corrected chi connectivity index (χ1v) is 7.36. The van der Waals surface area contributed by atoms with Crippen molar-refractivity contribution in [1.82, 2.24) is 20.0 Å². The molecule has 0 aliphatic heterocycles. The Morgan fingerprint density at radius 1 is 1.47 bits per heavy atom. The molecule has 19 heavy (non-hydrogen) atoms. The van der Waals surface area contributed by atoms with Crippen LogP contribution in [0, 0.1) is 5.92 Å². The molecule has 0 aliphatic carbocycles. The van der Waals surface area contributed by atoms with Gasteiger partial charge < -0.3 is 10.6 Å². The molecule has 0 amide bonds. The number of guanidine groups is 1. The van der Waals surface area contributed by atoms with Crippen molar-refractivity contribution in [2.45, 2.75) is 33.4 Å². The Hall–Kier alpha value is -1.56. The van der Waals surface area contributed by atoms with Crippen molar-refractivity contribution in [1.29, 1.82) is 0 Å². The second-order valence-electron chi connectivity index (χ2n) is 4.93. The van der Waals surface area contributed by atoms with E-state index >= 15 is 0 Å². The molecule has 2 heterocycles. The molecule has 5 nitrogen and oxygen atoms in total. The summed E-state index contributed by atoms with van der Waals surface area (Å²) in [6, 6.07) is 0.386. The minimum atomic E-state index is 0.386. The average molecular weight is 279 g/mol. The van der Waals surface area contributed by atoms with Crippen molar-refractivity contribution in [2.24, 2.45) is 10.9 Å². The summed E-state index contributed by atoms with van der Waals surface area (Å²) in [7, 11) is 1.79. The van der Waals surface area contributed by atoms with E-state index in [1.54, 1.807) is 18.4 Å². The Labute approximate surface area is 117 Å². The van der Waals surface area contributed by atoms with E-state index in [2.05, 4.69) is 41.4 Å². The molecule has 2 aromatic heterocycles. The van der Waals surface area contributed by atoms with Gasteiger partial charge in [0.2, 0.25) is 0 Å². The number of thiazole rings is 1. The molecule has 1 unspecified atom stereocenters. The lowest BCUT2D eigenvalue weighted by Gasteiger charge is -2.20. The fraction of sp³-hybridized carbons (Fsp3) is 0.538. The fourth-order valence-electron chi connectivity index (χ4n) is 1.61. The van der Waals surface area contributed by atoms with Crippen LogP contribution in [0.15, 0.2) is 22.8 Å². The highest BCUT2D eigenvalue weighted by Gasteiger charge is 2.09. The van der Waals surface area contributed by atoms with Crippen LogP contribution in [-0.2, 0) is 6.54 Å². The van der Waals surface area contributed by atoms with Gasteiger partial charge in [0.25, 0.3) is 0 Å². The van der Waals surface area contributed by atoms with Crippen molar-refractivity contribution >= 4 is 22.3 Å². The highest BCUT2D eigenvalue weighted by Crippen LogP contribution is 2.11. The molecule has 0 aliphatic rings. The molecular formula is C13H21N5S. The number of hydrogen-bond acceptors (Lipinski definition) is 3. The van der Waals surface area contributed by atoms with Crippen LogP contribution in [0.4, 0.5) is 0 Å². The number of aromatic nitrogens is 2. The van der Waals surface area contributed by atoms with Crippen molar-refractivity contribution in [2.75, 3.05) is 7.05 Å². The van der Waals surface area contributed by atoms with Gasteiger partial charge in [0, 0.05) is 30.9 Å². The summed E-state index contributed by atoms with van der Waals surface area (Å²) >= 11 is 1.64. The minimum absolute atomic E-state index is 0.386. The van der Waals surface area contributed by atoms with Crippen molar-refractivity contribution in [3.05, 3.63) is 23.5 Å². The van der Waals surface area contributed by atoms with Crippen LogP contribution in [0.5, 0.6) is 0 Å². The highest BCUT2D eigenvalue weighted by molar-refractivity contribution is 7.15. The number of imidazole rings is 1. The Bertz CT molecular complexity index is 526. The standard InChI is InChI=1S/C13H21N5S/c1-9(2)10(3)16-12(14-4)15-7-11-8-18-5-6-19-13(18)17-11/h5-6,8-10H,7H2,1-4H3,(H2,14,15,16). The van der Waals surface area contributed by atoms with E-state index in [1.807, 2.05) is 22.2 Å². The van der Waals surface area contributed by atoms with Crippen LogP contribution < -0.4 is 10.6 Å². The second kappa shape index (κ2) is 6.06. The Kier molecular flexibility index (Phi) is 4.42. The van der Waals surface area contributed by atoms with Crippen LogP contribution >= 0.6 is 11.3 Å². The van der Waals surface area contributed by atoms with Crippen molar-refractivity contribution in [3.63, 3.8) is 0 Å². The zero-order valence-corrected chi connectivity index (χ0v) is 12.7. The molecule has 2 aromatic rings. The van der Waals surface area contributed by atoms with Gasteiger partial charge >= 0.3 is 0 Å². The number of nitrogens with zero attached hydrogens (tertiary/aromatic N) is 3. The maximum Gasteiger partial charge on any atom is 0.193 e. The molecule has 2 rings (SSSR count). The summed E-state index contributed by atoms with van der Waals surface area (Å²) in [4.78, 5) is 9.78. The van der Waals surface area contributed by atoms with Gasteiger partial charge in [-0.05, 0) is 12.8 Å². The normalized spacial score (nSPS) is 14.1. The van der Waals surface area contributed by atoms with Crippen LogP contribution in [-0.4, -0.2) is 28.4 Å². The molecule has 0 saturated heterocycles. The van der Waals surface area contributed by atoms with Gasteiger partial charge in [-0.15, -0.1) is 11.3 Å². The van der Waals surface area contributed by atoms with Crippen LogP contribution in [0.25, 0.3) is 4.96 Å². The first-order valence-electron chi connectivity index (χ1n) is 6.48. The molecule has 0 aromatic carbocycles. The van der Waals surface area contributed by atoms with Gasteiger partial charge in [-0.3, -0.25) is 9.39 Å². The van der Waals surface area contributed by atoms with E-state index in [9.17, 15) is 0 Å². The van der Waals surface area contributed by atoms with E-state index < -0.39 is 0 Å². The second-order valence-corrected chi connectivity index (χ2v) is 5.80. The molecular weight excluding hydrogens is 258 g/mol. The van der Waals surface area contributed by atoms with Crippen molar-refractivity contribution in [3.8, 4) is 0 Å². The monoisotopic (exact) mass is 279 g/mol. The smallest absolute Gasteiger partial charge is 0.193 e. The van der Waals surface area contributed by atoms with E-state index in [4.69, 9.17) is 0 Å². The summed E-state index contributed by atoms with van der Waals surface area (Å²) in [6.45, 7) is 7.21. The lowest BCUT2D eigenvalue weighted by Crippen LogP contribution is -2.43. The Morgan fingerprint density at radius 3 is 2.89 bits per heavy atom. The molecule has 1 atom stereocenters. The summed E-state index contributed by atoms with van der Waals surface area (Å²) in [5.41, 5.74) is 1.02. The summed E-state index contributed by atoms with van der Waals surface area (Å²) in [5, 5.41) is 8.69. The lowest BCUT2D eigenvalue weighted by atomic mass is 10.1. The van der Waals surface area contributed by atoms with E-state index in [0.29, 0.717) is 18.5 Å². The molecule has 0 fully saturated rings. The summed E-state index contributed by atoms with van der Waals surface area (Å²) in [5.74, 6) is 1.38. The molecule has 0 spiro atoms. The van der Waals surface area contributed by atoms with Gasteiger partial charge in [0.05, 0.1) is 12.2 Å². The third-order valence-corrected chi connectivity index (χ3v) is 3.94. The first kappa shape index (κ1) is 13.9. The number of aliphatic imine (C=N–C) groups is 1. The summed E-state index contributed by atoms with van der Waals surface area (Å²) < 4.78 is 2.04. The lowest BCUT2D eigenvalue weighted by molar-refractivity contribution is 0.480. The predicted octanol–water partition coefficient (Wildman–Crippen LogP) is 2.11. The number of fused-ring (bicyclic) bond motifs is 1. The number of rotatable bonds is 4. The maximum atomic E-state index is 4.53. The predicted molar refractivity (Wildman–Crippen MR) is 80.7 cm³/mol. The number of nitrogens with one attached hydrogen (secondary N) is 2. The van der Waals surface area contributed by atoms with Gasteiger partial charge in [0.1, 0.15) is 0 Å². The number of hydrogen-bond donors (Lipinski definition) is 2. The van der Waals surface area contributed by atoms with Crippen LogP contribution in [0.3, 0.4) is 0 Å².